The molecule has 0 aromatic heterocycles. The van der Waals surface area contributed by atoms with Crippen LogP contribution in [0.2, 0.25) is 0 Å². The van der Waals surface area contributed by atoms with Gasteiger partial charge in [-0.05, 0) is 24.8 Å². The number of likely N-dealkylation sites (N-methyl/N-ethyl adjacent to an activating group) is 1. The number of carbonyl (C=O) groups is 1. The largest absolute Gasteiger partial charge is 0.341 e. The monoisotopic (exact) mass is 248 g/mol. The van der Waals surface area contributed by atoms with Gasteiger partial charge in [0.05, 0.1) is 6.04 Å². The van der Waals surface area contributed by atoms with E-state index in [-0.39, 0.29) is 17.9 Å². The van der Waals surface area contributed by atoms with Gasteiger partial charge in [-0.2, -0.15) is 0 Å². The number of carbonyl (C=O) groups excluding carboxylic acids is 1. The second kappa shape index (κ2) is 7.17. The molecule has 1 rings (SSSR count). The Morgan fingerprint density at radius 2 is 1.89 bits per heavy atom. The summed E-state index contributed by atoms with van der Waals surface area (Å²) < 4.78 is 0. The van der Waals surface area contributed by atoms with Crippen molar-refractivity contribution in [2.24, 2.45) is 11.7 Å². The molecule has 100 valence electrons. The highest BCUT2D eigenvalue weighted by molar-refractivity contribution is 5.81. The van der Waals surface area contributed by atoms with Gasteiger partial charge in [-0.1, -0.05) is 44.2 Å². The van der Waals surface area contributed by atoms with E-state index in [0.717, 1.165) is 13.0 Å². The minimum Gasteiger partial charge on any atom is -0.341 e. The zero-order valence-electron chi connectivity index (χ0n) is 11.6. The average molecular weight is 248 g/mol. The molecule has 1 aromatic rings. The summed E-state index contributed by atoms with van der Waals surface area (Å²) in [5.74, 6) is 0.242. The smallest absolute Gasteiger partial charge is 0.239 e. The summed E-state index contributed by atoms with van der Waals surface area (Å²) in [7, 11) is 0. The van der Waals surface area contributed by atoms with Gasteiger partial charge < -0.3 is 10.6 Å². The number of hydrogen-bond acceptors (Lipinski definition) is 2. The first kappa shape index (κ1) is 14.7. The predicted molar refractivity (Wildman–Crippen MR) is 75.2 cm³/mol. The molecule has 0 aliphatic rings. The Hall–Kier alpha value is -1.35. The summed E-state index contributed by atoms with van der Waals surface area (Å²) in [5, 5.41) is 0. The first-order valence-corrected chi connectivity index (χ1v) is 6.64. The Morgan fingerprint density at radius 1 is 1.28 bits per heavy atom. The van der Waals surface area contributed by atoms with Gasteiger partial charge in [-0.15, -0.1) is 0 Å². The van der Waals surface area contributed by atoms with E-state index in [0.29, 0.717) is 6.54 Å². The van der Waals surface area contributed by atoms with Gasteiger partial charge in [0.2, 0.25) is 5.91 Å². The van der Waals surface area contributed by atoms with Crippen LogP contribution < -0.4 is 5.73 Å². The van der Waals surface area contributed by atoms with E-state index < -0.39 is 0 Å². The number of benzene rings is 1. The van der Waals surface area contributed by atoms with Crippen molar-refractivity contribution in [1.82, 2.24) is 4.90 Å². The number of hydrogen-bond donors (Lipinski definition) is 1. The van der Waals surface area contributed by atoms with Crippen LogP contribution >= 0.6 is 0 Å². The summed E-state index contributed by atoms with van der Waals surface area (Å²) in [6, 6.07) is 9.82. The summed E-state index contributed by atoms with van der Waals surface area (Å²) in [5.41, 5.74) is 7.17. The number of rotatable bonds is 6. The van der Waals surface area contributed by atoms with Gasteiger partial charge in [-0.3, -0.25) is 4.79 Å². The molecule has 0 fully saturated rings. The second-order valence-electron chi connectivity index (χ2n) is 4.92. The van der Waals surface area contributed by atoms with Gasteiger partial charge in [0.25, 0.3) is 0 Å². The van der Waals surface area contributed by atoms with E-state index in [1.807, 2.05) is 43.9 Å². The molecule has 1 atom stereocenters. The van der Waals surface area contributed by atoms with E-state index in [1.54, 1.807) is 0 Å². The van der Waals surface area contributed by atoms with Crippen LogP contribution in [0.4, 0.5) is 0 Å². The molecule has 0 radical (unpaired) electrons. The van der Waals surface area contributed by atoms with Crippen molar-refractivity contribution in [3.05, 3.63) is 35.9 Å². The fourth-order valence-electron chi connectivity index (χ4n) is 1.83. The van der Waals surface area contributed by atoms with Crippen molar-refractivity contribution >= 4 is 5.91 Å². The lowest BCUT2D eigenvalue weighted by Crippen LogP contribution is -2.47. The molecule has 0 spiro atoms. The van der Waals surface area contributed by atoms with Crippen LogP contribution in [0.25, 0.3) is 0 Å². The third-order valence-electron chi connectivity index (χ3n) is 3.21. The van der Waals surface area contributed by atoms with Gasteiger partial charge in [0, 0.05) is 13.1 Å². The van der Waals surface area contributed by atoms with Crippen LogP contribution in [0.1, 0.15) is 26.3 Å². The molecule has 0 aliphatic heterocycles. The maximum absolute atomic E-state index is 12.1. The van der Waals surface area contributed by atoms with Crippen LogP contribution in [0.3, 0.4) is 0 Å². The van der Waals surface area contributed by atoms with Crippen LogP contribution in [0.5, 0.6) is 0 Å². The zero-order valence-corrected chi connectivity index (χ0v) is 11.6. The third kappa shape index (κ3) is 4.15. The molecule has 0 saturated heterocycles. The molecule has 0 bridgehead atoms. The summed E-state index contributed by atoms with van der Waals surface area (Å²) in [6.07, 6.45) is 0.880. The van der Waals surface area contributed by atoms with Crippen molar-refractivity contribution in [2.45, 2.75) is 33.2 Å². The molecule has 18 heavy (non-hydrogen) atoms. The normalized spacial score (nSPS) is 12.5. The molecule has 3 heteroatoms. The van der Waals surface area contributed by atoms with Crippen molar-refractivity contribution < 1.29 is 4.79 Å². The standard InChI is InChI=1S/C15H24N2O/c1-4-17(15(18)14(16)12(2)3)11-10-13-8-6-5-7-9-13/h5-9,12,14H,4,10-11,16H2,1-3H3. The second-order valence-corrected chi connectivity index (χ2v) is 4.92. The van der Waals surface area contributed by atoms with Crippen molar-refractivity contribution in [3.8, 4) is 0 Å². The Bertz CT molecular complexity index is 362. The van der Waals surface area contributed by atoms with Crippen molar-refractivity contribution in [2.75, 3.05) is 13.1 Å². The lowest BCUT2D eigenvalue weighted by atomic mass is 10.0. The maximum atomic E-state index is 12.1. The molecule has 1 unspecified atom stereocenters. The van der Waals surface area contributed by atoms with Crippen LogP contribution in [0, 0.1) is 5.92 Å². The van der Waals surface area contributed by atoms with Crippen molar-refractivity contribution in [3.63, 3.8) is 0 Å². The minimum atomic E-state index is -0.388. The fourth-order valence-corrected chi connectivity index (χ4v) is 1.83. The van der Waals surface area contributed by atoms with Gasteiger partial charge in [0.1, 0.15) is 0 Å². The SMILES string of the molecule is CCN(CCc1ccccc1)C(=O)C(N)C(C)C. The molecule has 1 aromatic carbocycles. The quantitative estimate of drug-likeness (QED) is 0.837. The van der Waals surface area contributed by atoms with Crippen LogP contribution in [0.15, 0.2) is 30.3 Å². The van der Waals surface area contributed by atoms with Crippen molar-refractivity contribution in [1.29, 1.82) is 0 Å². The first-order chi connectivity index (χ1) is 8.56. The van der Waals surface area contributed by atoms with E-state index in [9.17, 15) is 4.79 Å². The first-order valence-electron chi connectivity index (χ1n) is 6.64. The lowest BCUT2D eigenvalue weighted by Gasteiger charge is -2.26. The highest BCUT2D eigenvalue weighted by Gasteiger charge is 2.22. The summed E-state index contributed by atoms with van der Waals surface area (Å²) in [4.78, 5) is 14.0. The number of amides is 1. The Labute approximate surface area is 110 Å². The fraction of sp³-hybridized carbons (Fsp3) is 0.533. The van der Waals surface area contributed by atoms with Crippen LogP contribution in [-0.4, -0.2) is 29.9 Å². The van der Waals surface area contributed by atoms with E-state index in [4.69, 9.17) is 5.73 Å². The molecular formula is C15H24N2O. The van der Waals surface area contributed by atoms with E-state index >= 15 is 0 Å². The third-order valence-corrected chi connectivity index (χ3v) is 3.21. The Morgan fingerprint density at radius 3 is 2.39 bits per heavy atom. The van der Waals surface area contributed by atoms with Gasteiger partial charge in [-0.25, -0.2) is 0 Å². The Kier molecular flexibility index (Phi) is 5.86. The topological polar surface area (TPSA) is 46.3 Å². The zero-order chi connectivity index (χ0) is 13.5. The summed E-state index contributed by atoms with van der Waals surface area (Å²) in [6.45, 7) is 7.41. The molecule has 0 aliphatic carbocycles. The lowest BCUT2D eigenvalue weighted by molar-refractivity contribution is -0.133. The predicted octanol–water partition coefficient (Wildman–Crippen LogP) is 2.06. The maximum Gasteiger partial charge on any atom is 0.239 e. The number of nitrogens with two attached hydrogens (primary N) is 1. The molecule has 0 heterocycles. The minimum absolute atomic E-state index is 0.0587. The number of nitrogens with zero attached hydrogens (tertiary/aromatic N) is 1. The van der Waals surface area contributed by atoms with Gasteiger partial charge in [0.15, 0.2) is 0 Å². The van der Waals surface area contributed by atoms with Crippen LogP contribution in [-0.2, 0) is 11.2 Å². The molecule has 0 saturated carbocycles. The Balaban J connectivity index is 2.54. The average Bonchev–Trinajstić information content (AvgIpc) is 2.39. The highest BCUT2D eigenvalue weighted by atomic mass is 16.2. The molecular weight excluding hydrogens is 224 g/mol. The highest BCUT2D eigenvalue weighted by Crippen LogP contribution is 2.06. The summed E-state index contributed by atoms with van der Waals surface area (Å²) >= 11 is 0. The van der Waals surface area contributed by atoms with Gasteiger partial charge >= 0.3 is 0 Å². The van der Waals surface area contributed by atoms with E-state index in [1.165, 1.54) is 5.56 Å². The molecule has 3 nitrogen and oxygen atoms in total. The molecule has 1 amide bonds. The molecule has 2 N–H and O–H groups in total. The van der Waals surface area contributed by atoms with E-state index in [2.05, 4.69) is 12.1 Å².